The predicted octanol–water partition coefficient (Wildman–Crippen LogP) is 0.562. The van der Waals surface area contributed by atoms with E-state index in [1.807, 2.05) is 0 Å². The average Bonchev–Trinajstić information content (AvgIpc) is 2.29. The van der Waals surface area contributed by atoms with E-state index in [1.165, 1.54) is 17.0 Å². The van der Waals surface area contributed by atoms with Crippen LogP contribution < -0.4 is 11.1 Å². The zero-order valence-electron chi connectivity index (χ0n) is 11.3. The molecule has 0 radical (unpaired) electrons. The Balaban J connectivity index is 2.69. The molecule has 1 amide bonds. The first-order chi connectivity index (χ1) is 8.71. The number of sulfone groups is 1. The number of carbonyl (C=O) groups excluding carboxylic acids is 1. The van der Waals surface area contributed by atoms with Crippen molar-refractivity contribution >= 4 is 27.1 Å². The molecular weight excluding hydrogens is 266 g/mol. The monoisotopic (exact) mass is 285 g/mol. The summed E-state index contributed by atoms with van der Waals surface area (Å²) >= 11 is 0. The summed E-state index contributed by atoms with van der Waals surface area (Å²) in [5.74, 6) is 0.0128. The molecular formula is C12H19N3O3S. The number of amides is 1. The fourth-order valence-corrected chi connectivity index (χ4v) is 2.12. The maximum Gasteiger partial charge on any atom is 0.223 e. The fourth-order valence-electron chi connectivity index (χ4n) is 1.46. The van der Waals surface area contributed by atoms with Gasteiger partial charge in [-0.15, -0.1) is 0 Å². The second-order valence-corrected chi connectivity index (χ2v) is 6.50. The van der Waals surface area contributed by atoms with Crippen molar-refractivity contribution in [3.63, 3.8) is 0 Å². The van der Waals surface area contributed by atoms with Gasteiger partial charge in [0.2, 0.25) is 5.91 Å². The average molecular weight is 285 g/mol. The van der Waals surface area contributed by atoms with Gasteiger partial charge in [-0.2, -0.15) is 0 Å². The highest BCUT2D eigenvalue weighted by Gasteiger charge is 2.09. The summed E-state index contributed by atoms with van der Waals surface area (Å²) in [4.78, 5) is 13.1. The normalized spacial score (nSPS) is 11.1. The number of benzene rings is 1. The first-order valence-corrected chi connectivity index (χ1v) is 7.64. The highest BCUT2D eigenvalue weighted by molar-refractivity contribution is 7.90. The van der Waals surface area contributed by atoms with Crippen molar-refractivity contribution in [2.45, 2.75) is 11.3 Å². The van der Waals surface area contributed by atoms with E-state index in [-0.39, 0.29) is 10.8 Å². The van der Waals surface area contributed by atoms with Crippen molar-refractivity contribution in [3.8, 4) is 0 Å². The summed E-state index contributed by atoms with van der Waals surface area (Å²) in [6.45, 7) is 0.444. The Kier molecular flexibility index (Phi) is 4.77. The van der Waals surface area contributed by atoms with E-state index in [2.05, 4.69) is 5.32 Å². The maximum absolute atomic E-state index is 11.4. The van der Waals surface area contributed by atoms with Crippen molar-refractivity contribution in [3.05, 3.63) is 18.2 Å². The molecule has 1 rings (SSSR count). The lowest BCUT2D eigenvalue weighted by Crippen LogP contribution is -2.24. The number of hydrogen-bond acceptors (Lipinski definition) is 5. The van der Waals surface area contributed by atoms with Gasteiger partial charge in [0.15, 0.2) is 9.84 Å². The maximum atomic E-state index is 11.4. The van der Waals surface area contributed by atoms with Crippen molar-refractivity contribution < 1.29 is 13.2 Å². The van der Waals surface area contributed by atoms with Gasteiger partial charge in [-0.1, -0.05) is 0 Å². The quantitative estimate of drug-likeness (QED) is 0.771. The van der Waals surface area contributed by atoms with Gasteiger partial charge >= 0.3 is 0 Å². The Bertz CT molecular complexity index is 568. The molecule has 1 aromatic carbocycles. The van der Waals surface area contributed by atoms with E-state index in [0.717, 1.165) is 6.26 Å². The van der Waals surface area contributed by atoms with Gasteiger partial charge in [-0.05, 0) is 18.2 Å². The van der Waals surface area contributed by atoms with E-state index in [4.69, 9.17) is 5.73 Å². The van der Waals surface area contributed by atoms with Gasteiger partial charge in [-0.25, -0.2) is 8.42 Å². The van der Waals surface area contributed by atoms with Gasteiger partial charge in [0.1, 0.15) is 0 Å². The fraction of sp³-hybridized carbons (Fsp3) is 0.417. The predicted molar refractivity (Wildman–Crippen MR) is 75.8 cm³/mol. The van der Waals surface area contributed by atoms with Crippen LogP contribution in [0.4, 0.5) is 11.4 Å². The third-order valence-corrected chi connectivity index (χ3v) is 3.71. The summed E-state index contributed by atoms with van der Waals surface area (Å²) in [5.41, 5.74) is 6.74. The molecule has 0 unspecified atom stereocenters. The van der Waals surface area contributed by atoms with E-state index < -0.39 is 9.84 Å². The van der Waals surface area contributed by atoms with Crippen LogP contribution in [-0.4, -0.2) is 46.1 Å². The first kappa shape index (κ1) is 15.3. The zero-order chi connectivity index (χ0) is 14.6. The summed E-state index contributed by atoms with van der Waals surface area (Å²) in [6, 6.07) is 4.50. The molecule has 0 aliphatic rings. The van der Waals surface area contributed by atoms with E-state index in [9.17, 15) is 13.2 Å². The number of nitrogens with two attached hydrogens (primary N) is 1. The number of hydrogen-bond donors (Lipinski definition) is 2. The third-order valence-electron chi connectivity index (χ3n) is 2.60. The number of nitrogens with one attached hydrogen (secondary N) is 1. The highest BCUT2D eigenvalue weighted by Crippen LogP contribution is 2.22. The number of carbonyl (C=O) groups is 1. The molecule has 0 aromatic heterocycles. The molecule has 7 heteroatoms. The summed E-state index contributed by atoms with van der Waals surface area (Å²) in [6.07, 6.45) is 1.48. The Labute approximate surface area is 113 Å². The molecule has 106 valence electrons. The minimum atomic E-state index is -3.26. The molecule has 0 saturated heterocycles. The lowest BCUT2D eigenvalue weighted by Gasteiger charge is -2.12. The second-order valence-electron chi connectivity index (χ2n) is 4.49. The van der Waals surface area contributed by atoms with E-state index in [0.29, 0.717) is 24.3 Å². The third kappa shape index (κ3) is 4.44. The molecule has 0 heterocycles. The Morgan fingerprint density at radius 2 is 2.00 bits per heavy atom. The van der Waals surface area contributed by atoms with Crippen LogP contribution in [0.25, 0.3) is 0 Å². The number of nitrogens with zero attached hydrogens (tertiary/aromatic N) is 1. The Morgan fingerprint density at radius 3 is 2.47 bits per heavy atom. The molecule has 3 N–H and O–H groups in total. The van der Waals surface area contributed by atoms with Crippen LogP contribution in [0.2, 0.25) is 0 Å². The van der Waals surface area contributed by atoms with Crippen LogP contribution in [-0.2, 0) is 14.6 Å². The lowest BCUT2D eigenvalue weighted by atomic mass is 10.2. The topological polar surface area (TPSA) is 92.5 Å². The van der Waals surface area contributed by atoms with Crippen LogP contribution in [0, 0.1) is 0 Å². The van der Waals surface area contributed by atoms with Crippen LogP contribution in [0.5, 0.6) is 0 Å². The van der Waals surface area contributed by atoms with Crippen molar-refractivity contribution in [1.29, 1.82) is 0 Å². The summed E-state index contributed by atoms with van der Waals surface area (Å²) in [7, 11) is 0.128. The summed E-state index contributed by atoms with van der Waals surface area (Å²) in [5, 5.41) is 3.01. The molecule has 19 heavy (non-hydrogen) atoms. The SMILES string of the molecule is CN(C)C(=O)CCNc1ccc(S(C)(=O)=O)cc1N. The van der Waals surface area contributed by atoms with Crippen molar-refractivity contribution in [2.75, 3.05) is 37.9 Å². The van der Waals surface area contributed by atoms with Crippen LogP contribution in [0.3, 0.4) is 0 Å². The van der Waals surface area contributed by atoms with Gasteiger partial charge < -0.3 is 16.0 Å². The second kappa shape index (κ2) is 5.92. The number of rotatable bonds is 5. The molecule has 0 bridgehead atoms. The Morgan fingerprint density at radius 1 is 1.37 bits per heavy atom. The molecule has 0 atom stereocenters. The minimum Gasteiger partial charge on any atom is -0.397 e. The molecule has 1 aromatic rings. The van der Waals surface area contributed by atoms with Gasteiger partial charge in [0.25, 0.3) is 0 Å². The van der Waals surface area contributed by atoms with Crippen molar-refractivity contribution in [2.24, 2.45) is 0 Å². The van der Waals surface area contributed by atoms with E-state index >= 15 is 0 Å². The number of nitrogen functional groups attached to an aromatic ring is 1. The molecule has 0 saturated carbocycles. The standard InChI is InChI=1S/C12H19N3O3S/c1-15(2)12(16)6-7-14-11-5-4-9(8-10(11)13)19(3,17)18/h4-5,8,14H,6-7,13H2,1-3H3. The molecule has 0 spiro atoms. The molecule has 6 nitrogen and oxygen atoms in total. The van der Waals surface area contributed by atoms with E-state index in [1.54, 1.807) is 20.2 Å². The van der Waals surface area contributed by atoms with Crippen LogP contribution in [0.15, 0.2) is 23.1 Å². The molecule has 0 fully saturated rings. The smallest absolute Gasteiger partial charge is 0.223 e. The molecule has 0 aliphatic carbocycles. The number of anilines is 2. The van der Waals surface area contributed by atoms with Crippen LogP contribution >= 0.6 is 0 Å². The lowest BCUT2D eigenvalue weighted by molar-refractivity contribution is -0.128. The minimum absolute atomic E-state index is 0.0128. The van der Waals surface area contributed by atoms with Crippen molar-refractivity contribution in [1.82, 2.24) is 4.90 Å². The molecule has 0 aliphatic heterocycles. The zero-order valence-corrected chi connectivity index (χ0v) is 12.1. The first-order valence-electron chi connectivity index (χ1n) is 5.75. The van der Waals surface area contributed by atoms with Gasteiger partial charge in [-0.3, -0.25) is 4.79 Å². The van der Waals surface area contributed by atoms with Gasteiger partial charge in [0.05, 0.1) is 16.3 Å². The van der Waals surface area contributed by atoms with Crippen LogP contribution in [0.1, 0.15) is 6.42 Å². The Hall–Kier alpha value is -1.76. The highest BCUT2D eigenvalue weighted by atomic mass is 32.2. The summed E-state index contributed by atoms with van der Waals surface area (Å²) < 4.78 is 22.7. The largest absolute Gasteiger partial charge is 0.397 e. The van der Waals surface area contributed by atoms with Gasteiger partial charge in [0, 0.05) is 33.3 Å².